The number of carbonyl (C=O) groups excluding carboxylic acids is 2. The van der Waals surface area contributed by atoms with Crippen LogP contribution in [0, 0.1) is 0 Å². The van der Waals surface area contributed by atoms with E-state index in [0.717, 1.165) is 77.0 Å². The second-order valence-corrected chi connectivity index (χ2v) is 27.2. The van der Waals surface area contributed by atoms with Crippen LogP contribution in [0.3, 0.4) is 0 Å². The Morgan fingerprint density at radius 3 is 0.610 bits per heavy atom. The van der Waals surface area contributed by atoms with Crippen molar-refractivity contribution in [1.82, 2.24) is 0 Å². The molecule has 0 radical (unpaired) electrons. The summed E-state index contributed by atoms with van der Waals surface area (Å²) in [6.45, 7) is 9.11. The van der Waals surface area contributed by atoms with Crippen molar-refractivity contribution in [3.05, 3.63) is 0 Å². The van der Waals surface area contributed by atoms with Gasteiger partial charge in [0.15, 0.2) is 5.25 Å². The van der Waals surface area contributed by atoms with E-state index < -0.39 is 39.8 Å². The number of hydrogen-bond acceptors (Lipinski definition) is 6. The summed E-state index contributed by atoms with van der Waals surface area (Å²) in [6, 6.07) is 0. The molecule has 0 aliphatic heterocycles. The van der Waals surface area contributed by atoms with Crippen molar-refractivity contribution < 1.29 is 32.0 Å². The number of rotatable bonds is 68. The van der Waals surface area contributed by atoms with Crippen molar-refractivity contribution in [3.63, 3.8) is 0 Å². The van der Waals surface area contributed by atoms with Gasteiger partial charge in [-0.05, 0) is 51.4 Å². The average molecular weight is 1200 g/mol. The zero-order valence-corrected chi connectivity index (χ0v) is 55.4. The molecule has 3 unspecified atom stereocenters. The van der Waals surface area contributed by atoms with Crippen LogP contribution in [0.5, 0.6) is 0 Å². The van der Waals surface area contributed by atoms with Crippen molar-refractivity contribution in [2.75, 3.05) is 0 Å². The molecule has 0 aliphatic rings. The second-order valence-electron chi connectivity index (χ2n) is 25.6. The molecule has 0 aromatic heterocycles. The predicted octanol–water partition coefficient (Wildman–Crippen LogP) is 23.4. The van der Waals surface area contributed by atoms with Crippen molar-refractivity contribution in [2.24, 2.45) is 0 Å². The van der Waals surface area contributed by atoms with Gasteiger partial charge in [0.25, 0.3) is 10.1 Å². The minimum atomic E-state index is -4.90. The Labute approximate surface area is 558 Å². The van der Waals surface area contributed by atoms with Gasteiger partial charge in [-0.15, -0.1) is 0 Å². The molecule has 482 valence electrons. The van der Waals surface area contributed by atoms with Gasteiger partial charge < -0.3 is 9.47 Å². The van der Waals surface area contributed by atoms with E-state index in [-0.39, 0.29) is 65.2 Å². The van der Waals surface area contributed by atoms with Crippen LogP contribution in [0.15, 0.2) is 0 Å². The third kappa shape index (κ3) is 65.3. The Kier molecular flexibility index (Phi) is 75.3. The SMILES string of the molecule is CCCCCCCCCCCCCCCCCC(CCCCCCCCCCCCCCCC)OC(=O)CC(C(=O)OC(CCCCCCCCCCCCCCCC)CCCCCCCCCCCCCCCCC)S(=O)(=O)O.[NaH].[NaH]. The van der Waals surface area contributed by atoms with E-state index in [4.69, 9.17) is 9.47 Å². The molecule has 0 fully saturated rings. The molecule has 0 aromatic carbocycles. The molecule has 3 atom stereocenters. The molecule has 0 saturated carbocycles. The van der Waals surface area contributed by atoms with E-state index in [1.54, 1.807) is 0 Å². The van der Waals surface area contributed by atoms with Crippen molar-refractivity contribution in [1.29, 1.82) is 0 Å². The van der Waals surface area contributed by atoms with E-state index in [2.05, 4.69) is 27.7 Å². The molecule has 10 heteroatoms. The normalized spacial score (nSPS) is 12.7. The molecule has 0 aromatic rings. The standard InChI is InChI=1S/C72H142O7S.2Na.2H/c1-5-9-13-17-21-25-29-33-37-41-44-48-52-56-60-64-68(63-59-55-51-47-43-39-35-31-27-23-19-15-11-7-3)78-71(73)67-70(80(75,76)77)72(74)79-69(65-61-57-53-49-45-40-36-32-28-24-20-16-12-8-4)66-62-58-54-50-46-42-38-34-30-26-22-18-14-10-6-2;;;;/h68-70H,5-67H2,1-4H3,(H,75,76,77);;;;. The molecule has 82 heavy (non-hydrogen) atoms. The molecule has 0 amide bonds. The Bertz CT molecular complexity index is 1370. The summed E-state index contributed by atoms with van der Waals surface area (Å²) in [5, 5.41) is -1.97. The van der Waals surface area contributed by atoms with Gasteiger partial charge >= 0.3 is 71.1 Å². The summed E-state index contributed by atoms with van der Waals surface area (Å²) in [7, 11) is -4.90. The fourth-order valence-electron chi connectivity index (χ4n) is 12.1. The molecule has 0 aliphatic carbocycles. The first-order valence-corrected chi connectivity index (χ1v) is 38.1. The topological polar surface area (TPSA) is 107 Å². The molecule has 0 saturated heterocycles. The van der Waals surface area contributed by atoms with Gasteiger partial charge in [-0.1, -0.05) is 374 Å². The average Bonchev–Trinajstić information content (AvgIpc) is 3.47. The third-order valence-corrected chi connectivity index (χ3v) is 18.7. The summed E-state index contributed by atoms with van der Waals surface area (Å²) in [5.74, 6) is -1.74. The van der Waals surface area contributed by atoms with Gasteiger partial charge in [0.1, 0.15) is 12.2 Å². The van der Waals surface area contributed by atoms with Crippen LogP contribution >= 0.6 is 0 Å². The number of esters is 2. The number of carbonyl (C=O) groups is 2. The van der Waals surface area contributed by atoms with E-state index >= 15 is 0 Å². The molecule has 1 N–H and O–H groups in total. The van der Waals surface area contributed by atoms with E-state index in [1.165, 1.54) is 308 Å². The monoisotopic (exact) mass is 1200 g/mol. The van der Waals surface area contributed by atoms with Crippen LogP contribution in [-0.2, 0) is 29.2 Å². The third-order valence-electron chi connectivity index (χ3n) is 17.6. The van der Waals surface area contributed by atoms with E-state index in [1.807, 2.05) is 0 Å². The summed E-state index contributed by atoms with van der Waals surface area (Å²) in [4.78, 5) is 27.5. The van der Waals surface area contributed by atoms with Crippen LogP contribution in [0.1, 0.15) is 432 Å². The molecular weight excluding hydrogens is 1050 g/mol. The molecule has 0 bridgehead atoms. The van der Waals surface area contributed by atoms with Crippen molar-refractivity contribution >= 4 is 81.2 Å². The molecule has 7 nitrogen and oxygen atoms in total. The number of hydrogen-bond donors (Lipinski definition) is 1. The Hall–Kier alpha value is 0.850. The Balaban J connectivity index is -0.0000312. The van der Waals surface area contributed by atoms with Crippen LogP contribution in [0.25, 0.3) is 0 Å². The molecule has 0 rings (SSSR count). The summed E-state index contributed by atoms with van der Waals surface area (Å²) < 4.78 is 48.2. The second kappa shape index (κ2) is 70.9. The predicted molar refractivity (Wildman–Crippen MR) is 363 cm³/mol. The van der Waals surface area contributed by atoms with Crippen LogP contribution < -0.4 is 0 Å². The van der Waals surface area contributed by atoms with Gasteiger partial charge in [0.05, 0.1) is 6.42 Å². The quantitative estimate of drug-likeness (QED) is 0.0280. The minimum absolute atomic E-state index is 0. The molecule has 0 heterocycles. The van der Waals surface area contributed by atoms with Crippen LogP contribution in [0.4, 0.5) is 0 Å². The Morgan fingerprint density at radius 1 is 0.280 bits per heavy atom. The van der Waals surface area contributed by atoms with Crippen molar-refractivity contribution in [3.8, 4) is 0 Å². The van der Waals surface area contributed by atoms with Crippen LogP contribution in [-0.4, -0.2) is 101 Å². The van der Waals surface area contributed by atoms with E-state index in [0.29, 0.717) is 12.8 Å². The number of unbranched alkanes of at least 4 members (excludes halogenated alkanes) is 54. The number of ether oxygens (including phenoxy) is 2. The molecule has 0 spiro atoms. The van der Waals surface area contributed by atoms with Gasteiger partial charge in [0, 0.05) is 0 Å². The maximum atomic E-state index is 13.8. The van der Waals surface area contributed by atoms with Crippen LogP contribution in [0.2, 0.25) is 0 Å². The van der Waals surface area contributed by atoms with Crippen molar-refractivity contribution in [2.45, 2.75) is 450 Å². The van der Waals surface area contributed by atoms with Gasteiger partial charge in [-0.3, -0.25) is 14.1 Å². The van der Waals surface area contributed by atoms with Gasteiger partial charge in [-0.25, -0.2) is 0 Å². The zero-order valence-electron chi connectivity index (χ0n) is 54.6. The van der Waals surface area contributed by atoms with Gasteiger partial charge in [0.2, 0.25) is 0 Å². The van der Waals surface area contributed by atoms with Gasteiger partial charge in [-0.2, -0.15) is 8.42 Å². The Morgan fingerprint density at radius 2 is 0.439 bits per heavy atom. The summed E-state index contributed by atoms with van der Waals surface area (Å²) in [6.07, 6.45) is 75.5. The zero-order chi connectivity index (χ0) is 58.3. The fourth-order valence-corrected chi connectivity index (χ4v) is 12.7. The summed E-state index contributed by atoms with van der Waals surface area (Å²) >= 11 is 0. The molecular formula is C72H144Na2O7S. The fraction of sp³-hybridized carbons (Fsp3) is 0.972. The maximum absolute atomic E-state index is 13.8. The first-order chi connectivity index (χ1) is 39.2. The van der Waals surface area contributed by atoms with E-state index in [9.17, 15) is 22.6 Å². The first-order valence-electron chi connectivity index (χ1n) is 36.6. The first kappa shape index (κ1) is 87.1. The summed E-state index contributed by atoms with van der Waals surface area (Å²) in [5.41, 5.74) is 0.